The Hall–Kier alpha value is -3.34. The van der Waals surface area contributed by atoms with E-state index < -0.39 is 0 Å². The van der Waals surface area contributed by atoms with Crippen LogP contribution in [-0.2, 0) is 16.0 Å². The monoisotopic (exact) mass is 434 g/mol. The molecule has 0 radical (unpaired) electrons. The fourth-order valence-electron chi connectivity index (χ4n) is 4.25. The van der Waals surface area contributed by atoms with Crippen LogP contribution in [0.25, 0.3) is 11.1 Å². The van der Waals surface area contributed by atoms with Crippen LogP contribution in [0.4, 0.5) is 4.39 Å². The Balaban J connectivity index is 1.56. The zero-order valence-corrected chi connectivity index (χ0v) is 18.6. The molecule has 0 N–H and O–H groups in total. The summed E-state index contributed by atoms with van der Waals surface area (Å²) in [7, 11) is 2.98. The smallest absolute Gasteiger partial charge is 0.313 e. The molecule has 2 atom stereocenters. The van der Waals surface area contributed by atoms with Gasteiger partial charge >= 0.3 is 5.97 Å². The summed E-state index contributed by atoms with van der Waals surface area (Å²) in [4.78, 5) is 12.1. The number of hydrogen-bond donors (Lipinski definition) is 0. The first-order valence-corrected chi connectivity index (χ1v) is 10.8. The van der Waals surface area contributed by atoms with Crippen LogP contribution in [0.5, 0.6) is 11.5 Å². The van der Waals surface area contributed by atoms with E-state index in [0.717, 1.165) is 40.8 Å². The van der Waals surface area contributed by atoms with E-state index >= 15 is 0 Å². The highest BCUT2D eigenvalue weighted by molar-refractivity contribution is 5.78. The predicted molar refractivity (Wildman–Crippen MR) is 122 cm³/mol. The van der Waals surface area contributed by atoms with E-state index in [9.17, 15) is 9.18 Å². The molecule has 0 saturated carbocycles. The molecule has 1 heterocycles. The highest BCUT2D eigenvalue weighted by Crippen LogP contribution is 2.38. The number of carbonyl (C=O) groups is 1. The van der Waals surface area contributed by atoms with Gasteiger partial charge in [-0.3, -0.25) is 4.79 Å². The highest BCUT2D eigenvalue weighted by Gasteiger charge is 2.25. The minimum absolute atomic E-state index is 0.0971. The van der Waals surface area contributed by atoms with Crippen LogP contribution in [0.3, 0.4) is 0 Å². The summed E-state index contributed by atoms with van der Waals surface area (Å²) in [6, 6.07) is 18.5. The number of aryl methyl sites for hydroxylation is 1. The predicted octanol–water partition coefficient (Wildman–Crippen LogP) is 6.23. The van der Waals surface area contributed by atoms with Gasteiger partial charge in [0.1, 0.15) is 23.4 Å². The molecular weight excluding hydrogens is 407 g/mol. The number of hydrogen-bond acceptors (Lipinski definition) is 4. The molecule has 2 unspecified atom stereocenters. The maximum Gasteiger partial charge on any atom is 0.313 e. The number of carbonyl (C=O) groups excluding carboxylic acids is 1. The van der Waals surface area contributed by atoms with Crippen molar-refractivity contribution in [2.24, 2.45) is 0 Å². The number of ether oxygens (including phenoxy) is 3. The highest BCUT2D eigenvalue weighted by atomic mass is 19.1. The number of fused-ring (bicyclic) bond motifs is 1. The van der Waals surface area contributed by atoms with E-state index in [1.54, 1.807) is 19.2 Å². The lowest BCUT2D eigenvalue weighted by Gasteiger charge is -2.27. The van der Waals surface area contributed by atoms with Crippen molar-refractivity contribution in [3.8, 4) is 22.6 Å². The molecule has 0 aromatic heterocycles. The molecule has 1 aliphatic heterocycles. The van der Waals surface area contributed by atoms with Crippen LogP contribution in [-0.4, -0.2) is 20.2 Å². The Bertz CT molecular complexity index is 1110. The SMILES string of the molecule is CCC(C(=O)OC)c1ccc2c(c1)OC(c1ccc(-c3cc(OC)ccc3F)cc1)CC2. The van der Waals surface area contributed by atoms with Gasteiger partial charge in [0.2, 0.25) is 0 Å². The van der Waals surface area contributed by atoms with Crippen molar-refractivity contribution in [1.82, 2.24) is 0 Å². The van der Waals surface area contributed by atoms with Crippen molar-refractivity contribution >= 4 is 5.97 Å². The maximum atomic E-state index is 14.3. The van der Waals surface area contributed by atoms with Crippen LogP contribution in [0.15, 0.2) is 60.7 Å². The average molecular weight is 435 g/mol. The van der Waals surface area contributed by atoms with Gasteiger partial charge in [-0.15, -0.1) is 0 Å². The van der Waals surface area contributed by atoms with Gasteiger partial charge in [-0.1, -0.05) is 43.3 Å². The second-order valence-electron chi connectivity index (χ2n) is 7.96. The van der Waals surface area contributed by atoms with E-state index in [1.807, 2.05) is 49.4 Å². The Morgan fingerprint density at radius 2 is 1.88 bits per heavy atom. The summed E-state index contributed by atoms with van der Waals surface area (Å²) < 4.78 is 30.8. The van der Waals surface area contributed by atoms with Crippen LogP contribution in [0.1, 0.15) is 48.5 Å². The maximum absolute atomic E-state index is 14.3. The molecule has 32 heavy (non-hydrogen) atoms. The number of methoxy groups -OCH3 is 2. The zero-order chi connectivity index (χ0) is 22.7. The van der Waals surface area contributed by atoms with Gasteiger partial charge in [-0.05, 0) is 65.8 Å². The molecular formula is C27H27FO4. The summed E-state index contributed by atoms with van der Waals surface area (Å²) in [6.07, 6.45) is 2.31. The molecule has 0 aliphatic carbocycles. The molecule has 4 rings (SSSR count). The summed E-state index contributed by atoms with van der Waals surface area (Å²) in [5.41, 5.74) is 4.37. The molecule has 1 aliphatic rings. The third-order valence-electron chi connectivity index (χ3n) is 6.10. The van der Waals surface area contributed by atoms with Gasteiger partial charge < -0.3 is 14.2 Å². The van der Waals surface area contributed by atoms with Crippen molar-refractivity contribution in [2.75, 3.05) is 14.2 Å². The fourth-order valence-corrected chi connectivity index (χ4v) is 4.25. The van der Waals surface area contributed by atoms with Crippen molar-refractivity contribution in [3.63, 3.8) is 0 Å². The molecule has 5 heteroatoms. The van der Waals surface area contributed by atoms with Gasteiger partial charge in [0.05, 0.1) is 20.1 Å². The van der Waals surface area contributed by atoms with E-state index in [2.05, 4.69) is 0 Å². The van der Waals surface area contributed by atoms with Crippen LogP contribution in [0, 0.1) is 5.82 Å². The first-order chi connectivity index (χ1) is 15.5. The van der Waals surface area contributed by atoms with Crippen molar-refractivity contribution in [3.05, 3.63) is 83.2 Å². The van der Waals surface area contributed by atoms with Crippen molar-refractivity contribution < 1.29 is 23.4 Å². The minimum atomic E-state index is -0.300. The molecule has 166 valence electrons. The van der Waals surface area contributed by atoms with E-state index in [1.165, 1.54) is 13.2 Å². The Morgan fingerprint density at radius 1 is 1.09 bits per heavy atom. The van der Waals surface area contributed by atoms with Gasteiger partial charge in [-0.2, -0.15) is 0 Å². The molecule has 3 aromatic rings. The minimum Gasteiger partial charge on any atom is -0.497 e. The zero-order valence-electron chi connectivity index (χ0n) is 18.6. The first kappa shape index (κ1) is 21.9. The number of rotatable bonds is 6. The summed E-state index contributed by atoms with van der Waals surface area (Å²) in [5.74, 6) is 0.603. The lowest BCUT2D eigenvalue weighted by Crippen LogP contribution is -2.17. The average Bonchev–Trinajstić information content (AvgIpc) is 2.84. The Kier molecular flexibility index (Phi) is 6.45. The standard InChI is InChI=1S/C27H27FO4/c1-4-22(27(29)31-3)20-10-9-19-11-14-25(32-26(19)15-20)18-7-5-17(6-8-18)23-16-21(30-2)12-13-24(23)28/h5-10,12-13,15-16,22,25H,4,11,14H2,1-3H3. The second kappa shape index (κ2) is 9.43. The summed E-state index contributed by atoms with van der Waals surface area (Å²) >= 11 is 0. The van der Waals surface area contributed by atoms with Gasteiger partial charge in [-0.25, -0.2) is 4.39 Å². The summed E-state index contributed by atoms with van der Waals surface area (Å²) in [5, 5.41) is 0. The van der Waals surface area contributed by atoms with Crippen LogP contribution >= 0.6 is 0 Å². The number of benzene rings is 3. The lowest BCUT2D eigenvalue weighted by molar-refractivity contribution is -0.142. The third kappa shape index (κ3) is 4.33. The quantitative estimate of drug-likeness (QED) is 0.431. The molecule has 0 spiro atoms. The van der Waals surface area contributed by atoms with Crippen molar-refractivity contribution in [1.29, 1.82) is 0 Å². The Labute approximate surface area is 187 Å². The number of halogens is 1. The molecule has 4 nitrogen and oxygen atoms in total. The fraction of sp³-hybridized carbons (Fsp3) is 0.296. The lowest BCUT2D eigenvalue weighted by atomic mass is 9.91. The van der Waals surface area contributed by atoms with Crippen molar-refractivity contribution in [2.45, 2.75) is 38.2 Å². The van der Waals surface area contributed by atoms with Crippen LogP contribution in [0.2, 0.25) is 0 Å². The van der Waals surface area contributed by atoms with Gasteiger partial charge in [0.25, 0.3) is 0 Å². The van der Waals surface area contributed by atoms with E-state index in [-0.39, 0.29) is 23.8 Å². The van der Waals surface area contributed by atoms with Gasteiger partial charge in [0, 0.05) is 5.56 Å². The normalized spacial score (nSPS) is 15.9. The molecule has 0 saturated heterocycles. The molecule has 0 fully saturated rings. The topological polar surface area (TPSA) is 44.8 Å². The largest absolute Gasteiger partial charge is 0.497 e. The molecule has 0 amide bonds. The summed E-state index contributed by atoms with van der Waals surface area (Å²) in [6.45, 7) is 1.97. The Morgan fingerprint density at radius 3 is 2.56 bits per heavy atom. The van der Waals surface area contributed by atoms with E-state index in [4.69, 9.17) is 14.2 Å². The number of esters is 1. The third-order valence-corrected chi connectivity index (χ3v) is 6.10. The van der Waals surface area contributed by atoms with E-state index in [0.29, 0.717) is 17.7 Å². The molecule has 3 aromatic carbocycles. The molecule has 0 bridgehead atoms. The second-order valence-corrected chi connectivity index (χ2v) is 7.96. The first-order valence-electron chi connectivity index (χ1n) is 10.8. The van der Waals surface area contributed by atoms with Crippen LogP contribution < -0.4 is 9.47 Å². The van der Waals surface area contributed by atoms with Gasteiger partial charge in [0.15, 0.2) is 0 Å².